The minimum absolute atomic E-state index is 0. The van der Waals surface area contributed by atoms with Crippen molar-refractivity contribution in [2.24, 2.45) is 0 Å². The normalized spacial score (nSPS) is 16.1. The Balaban J connectivity index is 0.00000192. The minimum Gasteiger partial charge on any atom is -0.399 e. The number of hydrogen-bond acceptors (Lipinski definition) is 3. The average Bonchev–Trinajstić information content (AvgIpc) is 2.51. The van der Waals surface area contributed by atoms with Gasteiger partial charge in [0.1, 0.15) is 0 Å². The molecule has 0 radical (unpaired) electrons. The summed E-state index contributed by atoms with van der Waals surface area (Å²) in [6.07, 6.45) is 1.04. The summed E-state index contributed by atoms with van der Waals surface area (Å²) in [4.78, 5) is 12.3. The molecule has 2 aromatic carbocycles. The molecular weight excluding hydrogens is 312 g/mol. The summed E-state index contributed by atoms with van der Waals surface area (Å²) in [7, 11) is 0. The van der Waals surface area contributed by atoms with Gasteiger partial charge < -0.3 is 15.8 Å². The molecule has 1 aliphatic heterocycles. The maximum absolute atomic E-state index is 12.3. The number of aryl methyl sites for hydroxylation is 1. The lowest BCUT2D eigenvalue weighted by molar-refractivity contribution is -0.119. The SMILES string of the molecule is Cc1ccc(N)cc1NC(=O)CC1OCCc2ccccc21.Cl. The molecule has 0 saturated carbocycles. The Morgan fingerprint density at radius 3 is 2.91 bits per heavy atom. The summed E-state index contributed by atoms with van der Waals surface area (Å²) in [5, 5.41) is 2.93. The first-order chi connectivity index (χ1) is 10.6. The molecule has 3 N–H and O–H groups in total. The first kappa shape index (κ1) is 17.3. The van der Waals surface area contributed by atoms with Gasteiger partial charge in [0.2, 0.25) is 5.91 Å². The van der Waals surface area contributed by atoms with Gasteiger partial charge in [-0.15, -0.1) is 12.4 Å². The molecule has 1 aliphatic rings. The number of fused-ring (bicyclic) bond motifs is 1. The molecule has 4 nitrogen and oxygen atoms in total. The Hall–Kier alpha value is -2.04. The van der Waals surface area contributed by atoms with Crippen LogP contribution in [0.3, 0.4) is 0 Å². The zero-order chi connectivity index (χ0) is 15.5. The second-order valence-corrected chi connectivity index (χ2v) is 5.63. The molecular formula is C18H21ClN2O2. The highest BCUT2D eigenvalue weighted by atomic mass is 35.5. The van der Waals surface area contributed by atoms with Crippen LogP contribution in [0.5, 0.6) is 0 Å². The van der Waals surface area contributed by atoms with Crippen molar-refractivity contribution in [1.82, 2.24) is 0 Å². The van der Waals surface area contributed by atoms with Crippen LogP contribution in [-0.2, 0) is 16.0 Å². The number of amides is 1. The Morgan fingerprint density at radius 2 is 2.09 bits per heavy atom. The van der Waals surface area contributed by atoms with Crippen molar-refractivity contribution in [2.75, 3.05) is 17.7 Å². The van der Waals surface area contributed by atoms with Crippen LogP contribution in [0.25, 0.3) is 0 Å². The van der Waals surface area contributed by atoms with Gasteiger partial charge >= 0.3 is 0 Å². The van der Waals surface area contributed by atoms with Crippen molar-refractivity contribution < 1.29 is 9.53 Å². The van der Waals surface area contributed by atoms with Gasteiger partial charge in [-0.2, -0.15) is 0 Å². The molecule has 0 aliphatic carbocycles. The van der Waals surface area contributed by atoms with E-state index in [1.165, 1.54) is 5.56 Å². The molecule has 1 atom stereocenters. The predicted molar refractivity (Wildman–Crippen MR) is 94.9 cm³/mol. The summed E-state index contributed by atoms with van der Waals surface area (Å²) < 4.78 is 5.78. The maximum Gasteiger partial charge on any atom is 0.227 e. The van der Waals surface area contributed by atoms with E-state index in [1.54, 1.807) is 6.07 Å². The third-order valence-corrected chi connectivity index (χ3v) is 4.00. The smallest absolute Gasteiger partial charge is 0.227 e. The zero-order valence-corrected chi connectivity index (χ0v) is 13.9. The summed E-state index contributed by atoms with van der Waals surface area (Å²) in [5.74, 6) is -0.0598. The quantitative estimate of drug-likeness (QED) is 0.843. The van der Waals surface area contributed by atoms with Crippen molar-refractivity contribution in [3.8, 4) is 0 Å². The van der Waals surface area contributed by atoms with Gasteiger partial charge in [-0.05, 0) is 42.2 Å². The molecule has 1 heterocycles. The van der Waals surface area contributed by atoms with E-state index in [0.29, 0.717) is 18.7 Å². The first-order valence-corrected chi connectivity index (χ1v) is 7.49. The number of carbonyl (C=O) groups excluding carboxylic acids is 1. The number of ether oxygens (including phenoxy) is 1. The topological polar surface area (TPSA) is 64.3 Å². The second kappa shape index (κ2) is 7.49. The Kier molecular flexibility index (Phi) is 5.64. The van der Waals surface area contributed by atoms with E-state index >= 15 is 0 Å². The number of hydrogen-bond donors (Lipinski definition) is 2. The Bertz CT molecular complexity index is 703. The summed E-state index contributed by atoms with van der Waals surface area (Å²) in [5.41, 5.74) is 10.6. The third kappa shape index (κ3) is 4.03. The largest absolute Gasteiger partial charge is 0.399 e. The molecule has 23 heavy (non-hydrogen) atoms. The fourth-order valence-corrected chi connectivity index (χ4v) is 2.79. The lowest BCUT2D eigenvalue weighted by atomic mass is 9.95. The lowest BCUT2D eigenvalue weighted by Gasteiger charge is -2.25. The molecule has 5 heteroatoms. The van der Waals surface area contributed by atoms with Crippen LogP contribution in [0.15, 0.2) is 42.5 Å². The van der Waals surface area contributed by atoms with Crippen LogP contribution < -0.4 is 11.1 Å². The van der Waals surface area contributed by atoms with Crippen molar-refractivity contribution >= 4 is 29.7 Å². The van der Waals surface area contributed by atoms with Crippen LogP contribution >= 0.6 is 12.4 Å². The van der Waals surface area contributed by atoms with Crippen molar-refractivity contribution in [1.29, 1.82) is 0 Å². The highest BCUT2D eigenvalue weighted by Gasteiger charge is 2.23. The average molecular weight is 333 g/mol. The highest BCUT2D eigenvalue weighted by Crippen LogP contribution is 2.30. The van der Waals surface area contributed by atoms with Gasteiger partial charge in [-0.1, -0.05) is 30.3 Å². The molecule has 1 amide bonds. The fourth-order valence-electron chi connectivity index (χ4n) is 2.79. The number of nitrogens with two attached hydrogens (primary N) is 1. The highest BCUT2D eigenvalue weighted by molar-refractivity contribution is 5.92. The molecule has 2 aromatic rings. The van der Waals surface area contributed by atoms with Gasteiger partial charge in [-0.3, -0.25) is 4.79 Å². The summed E-state index contributed by atoms with van der Waals surface area (Å²) in [6.45, 7) is 2.60. The monoisotopic (exact) mass is 332 g/mol. The van der Waals surface area contributed by atoms with Crippen LogP contribution in [0.1, 0.15) is 29.2 Å². The maximum atomic E-state index is 12.3. The van der Waals surface area contributed by atoms with Gasteiger partial charge in [0.15, 0.2) is 0 Å². The number of benzene rings is 2. The predicted octanol–water partition coefficient (Wildman–Crippen LogP) is 3.64. The van der Waals surface area contributed by atoms with Crippen molar-refractivity contribution in [3.05, 3.63) is 59.2 Å². The van der Waals surface area contributed by atoms with Crippen molar-refractivity contribution in [3.63, 3.8) is 0 Å². The number of nitrogens with one attached hydrogen (secondary N) is 1. The van der Waals surface area contributed by atoms with Crippen LogP contribution in [0.4, 0.5) is 11.4 Å². The number of carbonyl (C=O) groups is 1. The molecule has 0 saturated heterocycles. The Morgan fingerprint density at radius 1 is 1.30 bits per heavy atom. The van der Waals surface area contributed by atoms with E-state index in [-0.39, 0.29) is 24.4 Å². The number of halogens is 1. The van der Waals surface area contributed by atoms with Crippen LogP contribution in [-0.4, -0.2) is 12.5 Å². The summed E-state index contributed by atoms with van der Waals surface area (Å²) in [6, 6.07) is 13.7. The first-order valence-electron chi connectivity index (χ1n) is 7.49. The number of rotatable bonds is 3. The van der Waals surface area contributed by atoms with E-state index in [0.717, 1.165) is 23.2 Å². The van der Waals surface area contributed by atoms with Crippen LogP contribution in [0, 0.1) is 6.92 Å². The molecule has 1 unspecified atom stereocenters. The molecule has 0 aromatic heterocycles. The third-order valence-electron chi connectivity index (χ3n) is 4.00. The van der Waals surface area contributed by atoms with E-state index in [2.05, 4.69) is 11.4 Å². The van der Waals surface area contributed by atoms with Gasteiger partial charge in [-0.25, -0.2) is 0 Å². The number of nitrogen functional groups attached to an aromatic ring is 1. The zero-order valence-electron chi connectivity index (χ0n) is 13.0. The molecule has 0 bridgehead atoms. The standard InChI is InChI=1S/C18H20N2O2.ClH/c1-12-6-7-14(19)10-16(12)20-18(21)11-17-15-5-3-2-4-13(15)8-9-22-17;/h2-7,10,17H,8-9,11,19H2,1H3,(H,20,21);1H. The van der Waals surface area contributed by atoms with Gasteiger partial charge in [0.25, 0.3) is 0 Å². The van der Waals surface area contributed by atoms with Gasteiger partial charge in [0.05, 0.1) is 19.1 Å². The fraction of sp³-hybridized carbons (Fsp3) is 0.278. The van der Waals surface area contributed by atoms with Crippen LogP contribution in [0.2, 0.25) is 0 Å². The second-order valence-electron chi connectivity index (χ2n) is 5.63. The Labute approximate surface area is 142 Å². The van der Waals surface area contributed by atoms with E-state index in [9.17, 15) is 4.79 Å². The summed E-state index contributed by atoms with van der Waals surface area (Å²) >= 11 is 0. The number of anilines is 2. The molecule has 122 valence electrons. The molecule has 0 spiro atoms. The van der Waals surface area contributed by atoms with Crippen molar-refractivity contribution in [2.45, 2.75) is 25.9 Å². The molecule has 3 rings (SSSR count). The lowest BCUT2D eigenvalue weighted by Crippen LogP contribution is -2.22. The van der Waals surface area contributed by atoms with E-state index in [1.807, 2.05) is 37.3 Å². The minimum atomic E-state index is -0.175. The van der Waals surface area contributed by atoms with E-state index < -0.39 is 0 Å². The van der Waals surface area contributed by atoms with E-state index in [4.69, 9.17) is 10.5 Å². The van der Waals surface area contributed by atoms with Gasteiger partial charge in [0, 0.05) is 11.4 Å². The molecule has 0 fully saturated rings.